The molecule has 0 aliphatic rings. The molecule has 0 aliphatic carbocycles. The normalized spacial score (nSPS) is 14.2. The van der Waals surface area contributed by atoms with Crippen molar-refractivity contribution in [3.05, 3.63) is 63.1 Å². The summed E-state index contributed by atoms with van der Waals surface area (Å²) in [7, 11) is 3.00. The van der Waals surface area contributed by atoms with Gasteiger partial charge in [0.1, 0.15) is 11.6 Å². The van der Waals surface area contributed by atoms with Crippen LogP contribution in [0, 0.1) is 5.82 Å². The molecule has 1 heterocycles. The zero-order valence-electron chi connectivity index (χ0n) is 17.3. The van der Waals surface area contributed by atoms with Crippen LogP contribution in [0.5, 0.6) is 0 Å². The van der Waals surface area contributed by atoms with Crippen LogP contribution in [0.4, 0.5) is 4.39 Å². The van der Waals surface area contributed by atoms with E-state index in [1.165, 1.54) is 13.1 Å². The van der Waals surface area contributed by atoms with Crippen LogP contribution in [0.25, 0.3) is 5.76 Å². The molecule has 1 amide bonds. The van der Waals surface area contributed by atoms with E-state index in [4.69, 9.17) is 22.1 Å². The molecule has 9 heteroatoms. The molecule has 160 valence electrons. The monoisotopic (exact) mass is 450 g/mol. The largest absolute Gasteiger partial charge is 0.438 e. The molecule has 0 unspecified atom stereocenters. The Kier molecular flexibility index (Phi) is 7.75. The fourth-order valence-electron chi connectivity index (χ4n) is 2.59. The lowest BCUT2D eigenvalue weighted by atomic mass is 9.97. The fourth-order valence-corrected chi connectivity index (χ4v) is 3.89. The second-order valence-corrected chi connectivity index (χ2v) is 8.04. The number of nitrogens with two attached hydrogens (primary N) is 1. The maximum Gasteiger partial charge on any atom is 0.285 e. The molecule has 0 fully saturated rings. The van der Waals surface area contributed by atoms with Crippen molar-refractivity contribution in [3.8, 4) is 0 Å². The first kappa shape index (κ1) is 23.6. The molecule has 0 spiro atoms. The number of ether oxygens (including phenoxy) is 1. The Labute approximate surface area is 184 Å². The van der Waals surface area contributed by atoms with Gasteiger partial charge in [-0.05, 0) is 43.7 Å². The molecule has 0 saturated carbocycles. The van der Waals surface area contributed by atoms with E-state index in [1.54, 1.807) is 38.2 Å². The van der Waals surface area contributed by atoms with Crippen molar-refractivity contribution >= 4 is 46.3 Å². The van der Waals surface area contributed by atoms with Crippen molar-refractivity contribution in [1.29, 1.82) is 0 Å². The van der Waals surface area contributed by atoms with Crippen molar-refractivity contribution in [3.63, 3.8) is 0 Å². The fraction of sp³-hybridized carbons (Fsp3) is 0.286. The van der Waals surface area contributed by atoms with Gasteiger partial charge in [0.05, 0.1) is 15.3 Å². The van der Waals surface area contributed by atoms with E-state index in [2.05, 4.69) is 21.9 Å². The van der Waals surface area contributed by atoms with Crippen molar-refractivity contribution in [2.24, 2.45) is 15.7 Å². The predicted molar refractivity (Wildman–Crippen MR) is 122 cm³/mol. The van der Waals surface area contributed by atoms with Crippen LogP contribution in [0.1, 0.15) is 35.6 Å². The second kappa shape index (κ2) is 9.86. The molecule has 0 radical (unpaired) electrons. The number of carbonyl (C=O) groups excluding carboxylic acids is 1. The minimum atomic E-state index is -1.02. The molecule has 0 aliphatic heterocycles. The van der Waals surface area contributed by atoms with Gasteiger partial charge in [-0.2, -0.15) is 0 Å². The quantitative estimate of drug-likeness (QED) is 0.390. The summed E-state index contributed by atoms with van der Waals surface area (Å²) in [6, 6.07) is 8.31. The molecule has 0 bridgehead atoms. The lowest BCUT2D eigenvalue weighted by Crippen LogP contribution is -2.36. The average molecular weight is 451 g/mol. The summed E-state index contributed by atoms with van der Waals surface area (Å²) < 4.78 is 20.7. The number of nitrogens with zero attached hydrogens (tertiary/aromatic N) is 2. The summed E-state index contributed by atoms with van der Waals surface area (Å²) in [4.78, 5) is 21.0. The Morgan fingerprint density at radius 1 is 1.40 bits per heavy atom. The van der Waals surface area contributed by atoms with E-state index in [0.717, 1.165) is 16.9 Å². The number of rotatable bonds is 6. The topological polar surface area (TPSA) is 89.1 Å². The van der Waals surface area contributed by atoms with Gasteiger partial charge in [-0.25, -0.2) is 4.39 Å². The number of benzene rings is 1. The summed E-state index contributed by atoms with van der Waals surface area (Å²) in [6.07, 6.45) is 0.429. The highest BCUT2D eigenvalue weighted by molar-refractivity contribution is 7.14. The lowest BCUT2D eigenvalue weighted by Gasteiger charge is -2.23. The average Bonchev–Trinajstić information content (AvgIpc) is 3.13. The Bertz CT molecular complexity index is 1000. The first-order valence-corrected chi connectivity index (χ1v) is 10.3. The highest BCUT2D eigenvalue weighted by Crippen LogP contribution is 2.37. The zero-order valence-corrected chi connectivity index (χ0v) is 18.8. The molecular formula is C21H24ClFN4O2S. The summed E-state index contributed by atoms with van der Waals surface area (Å²) in [5.74, 6) is -0.651. The maximum absolute atomic E-state index is 14.9. The number of carbonyl (C=O) groups is 1. The minimum absolute atomic E-state index is 0.215. The zero-order chi connectivity index (χ0) is 22.5. The first-order chi connectivity index (χ1) is 14.1. The van der Waals surface area contributed by atoms with Gasteiger partial charge in [0.15, 0.2) is 5.84 Å². The van der Waals surface area contributed by atoms with Crippen LogP contribution in [0.15, 0.2) is 46.9 Å². The van der Waals surface area contributed by atoms with Gasteiger partial charge in [0.2, 0.25) is 5.90 Å². The lowest BCUT2D eigenvalue weighted by molar-refractivity contribution is -0.114. The van der Waals surface area contributed by atoms with Crippen LogP contribution >= 0.6 is 22.9 Å². The smallest absolute Gasteiger partial charge is 0.285 e. The van der Waals surface area contributed by atoms with Crippen LogP contribution in [-0.4, -0.2) is 31.7 Å². The molecule has 1 aromatic heterocycles. The standard InChI is InChI=1S/C21H24ClFN4O2S/c1-6-21(3,27-18(24)19(28)25-4)17-15(23)11-16(30-17)20(26-5)29-12(2)13-7-9-14(22)10-8-13/h7-11H,2,6H2,1,3-5H3,(H2,24,27)(H,25,28)/t21-/m0/s1. The molecule has 1 aromatic carbocycles. The molecule has 2 rings (SSSR count). The van der Waals surface area contributed by atoms with Gasteiger partial charge in [0.25, 0.3) is 5.91 Å². The Morgan fingerprint density at radius 3 is 2.57 bits per heavy atom. The van der Waals surface area contributed by atoms with E-state index in [9.17, 15) is 9.18 Å². The molecule has 6 nitrogen and oxygen atoms in total. The molecule has 2 aromatic rings. The Morgan fingerprint density at radius 2 is 2.03 bits per heavy atom. The van der Waals surface area contributed by atoms with Gasteiger partial charge in [-0.15, -0.1) is 11.3 Å². The van der Waals surface area contributed by atoms with Gasteiger partial charge < -0.3 is 15.8 Å². The number of halogens is 2. The maximum atomic E-state index is 14.9. The van der Waals surface area contributed by atoms with Crippen LogP contribution < -0.4 is 11.1 Å². The first-order valence-electron chi connectivity index (χ1n) is 9.12. The van der Waals surface area contributed by atoms with Gasteiger partial charge in [0, 0.05) is 24.7 Å². The van der Waals surface area contributed by atoms with Gasteiger partial charge in [-0.3, -0.25) is 14.8 Å². The van der Waals surface area contributed by atoms with E-state index >= 15 is 0 Å². The van der Waals surface area contributed by atoms with Crippen LogP contribution in [0.2, 0.25) is 5.02 Å². The molecule has 3 N–H and O–H groups in total. The minimum Gasteiger partial charge on any atom is -0.438 e. The van der Waals surface area contributed by atoms with Crippen molar-refractivity contribution in [1.82, 2.24) is 5.32 Å². The number of thiophene rings is 1. The van der Waals surface area contributed by atoms with Gasteiger partial charge >= 0.3 is 0 Å². The van der Waals surface area contributed by atoms with E-state index in [0.29, 0.717) is 27.0 Å². The third kappa shape index (κ3) is 5.25. The van der Waals surface area contributed by atoms with Crippen molar-refractivity contribution in [2.75, 3.05) is 14.1 Å². The van der Waals surface area contributed by atoms with Gasteiger partial charge in [-0.1, -0.05) is 25.1 Å². The number of hydrogen-bond donors (Lipinski definition) is 2. The summed E-state index contributed by atoms with van der Waals surface area (Å²) >= 11 is 7.05. The number of likely N-dealkylation sites (N-methyl/N-ethyl adjacent to an activating group) is 1. The molecule has 0 saturated heterocycles. The van der Waals surface area contributed by atoms with Crippen molar-refractivity contribution in [2.45, 2.75) is 25.8 Å². The third-order valence-corrected chi connectivity index (χ3v) is 6.09. The summed E-state index contributed by atoms with van der Waals surface area (Å²) in [6.45, 7) is 7.47. The second-order valence-electron chi connectivity index (χ2n) is 6.55. The SMILES string of the molecule is C=C(OC(=NC)c1cc(F)c([C@](C)(CC)N=C(N)C(=O)NC)s1)c1ccc(Cl)cc1. The number of amidine groups is 1. The number of amides is 1. The predicted octanol–water partition coefficient (Wildman–Crippen LogP) is 4.33. The number of hydrogen-bond acceptors (Lipinski definition) is 5. The van der Waals surface area contributed by atoms with Crippen molar-refractivity contribution < 1.29 is 13.9 Å². The Balaban J connectivity index is 2.35. The number of nitrogens with one attached hydrogen (secondary N) is 1. The molecular weight excluding hydrogens is 427 g/mol. The molecule has 1 atom stereocenters. The summed E-state index contributed by atoms with van der Waals surface area (Å²) in [5.41, 5.74) is 5.46. The number of aliphatic imine (C=N–C) groups is 2. The highest BCUT2D eigenvalue weighted by Gasteiger charge is 2.32. The van der Waals surface area contributed by atoms with E-state index < -0.39 is 17.3 Å². The summed E-state index contributed by atoms with van der Waals surface area (Å²) in [5, 5.41) is 3.00. The Hall–Kier alpha value is -2.71. The highest BCUT2D eigenvalue weighted by atomic mass is 35.5. The van der Waals surface area contributed by atoms with Crippen LogP contribution in [0.3, 0.4) is 0 Å². The van der Waals surface area contributed by atoms with E-state index in [1.807, 2.05) is 6.92 Å². The van der Waals surface area contributed by atoms with E-state index in [-0.39, 0.29) is 11.7 Å². The third-order valence-electron chi connectivity index (χ3n) is 4.49. The molecule has 30 heavy (non-hydrogen) atoms. The van der Waals surface area contributed by atoms with Crippen LogP contribution in [-0.2, 0) is 15.1 Å².